The van der Waals surface area contributed by atoms with E-state index in [1.807, 2.05) is 6.92 Å². The summed E-state index contributed by atoms with van der Waals surface area (Å²) in [6, 6.07) is 5.70. The number of aromatic nitrogens is 2. The number of rotatable bonds is 9. The number of aromatic amines is 1. The fourth-order valence-electron chi connectivity index (χ4n) is 2.52. The zero-order chi connectivity index (χ0) is 18.9. The van der Waals surface area contributed by atoms with E-state index < -0.39 is 18.0 Å². The number of nitrogens with zero attached hydrogens (tertiary/aromatic N) is 2. The van der Waals surface area contributed by atoms with Gasteiger partial charge in [-0.2, -0.15) is 0 Å². The van der Waals surface area contributed by atoms with E-state index in [4.69, 9.17) is 4.74 Å². The van der Waals surface area contributed by atoms with Crippen LogP contribution in [0.15, 0.2) is 36.8 Å². The van der Waals surface area contributed by atoms with Gasteiger partial charge in [0.25, 0.3) is 0 Å². The van der Waals surface area contributed by atoms with Crippen molar-refractivity contribution in [3.05, 3.63) is 48.0 Å². The molecule has 1 atom stereocenters. The van der Waals surface area contributed by atoms with E-state index in [1.54, 1.807) is 48.8 Å². The molecule has 0 spiro atoms. The lowest BCUT2D eigenvalue weighted by molar-refractivity contribution is -0.139. The SMILES string of the molecule is CCN(CCc1c[nH]cn1)C(=O)NC(Cc1ccc(OC)cc1)C(=O)O. The monoisotopic (exact) mass is 360 g/mol. The van der Waals surface area contributed by atoms with Crippen molar-refractivity contribution in [1.29, 1.82) is 0 Å². The Labute approximate surface area is 152 Å². The number of imidazole rings is 1. The van der Waals surface area contributed by atoms with Crippen molar-refractivity contribution in [2.24, 2.45) is 0 Å². The number of carbonyl (C=O) groups excluding carboxylic acids is 1. The summed E-state index contributed by atoms with van der Waals surface area (Å²) in [5.74, 6) is -0.377. The number of nitrogens with one attached hydrogen (secondary N) is 2. The van der Waals surface area contributed by atoms with Gasteiger partial charge in [0.05, 0.1) is 19.1 Å². The van der Waals surface area contributed by atoms with Crippen LogP contribution in [0.2, 0.25) is 0 Å². The third-order valence-electron chi connectivity index (χ3n) is 4.06. The van der Waals surface area contributed by atoms with Crippen LogP contribution >= 0.6 is 0 Å². The third kappa shape index (κ3) is 5.51. The molecule has 0 bridgehead atoms. The zero-order valence-electron chi connectivity index (χ0n) is 14.9. The van der Waals surface area contributed by atoms with Gasteiger partial charge in [-0.25, -0.2) is 14.6 Å². The maximum Gasteiger partial charge on any atom is 0.326 e. The molecule has 8 heteroatoms. The summed E-state index contributed by atoms with van der Waals surface area (Å²) in [6.45, 7) is 2.79. The molecule has 1 unspecified atom stereocenters. The van der Waals surface area contributed by atoms with Gasteiger partial charge < -0.3 is 25.0 Å². The Hall–Kier alpha value is -3.03. The van der Waals surface area contributed by atoms with E-state index in [2.05, 4.69) is 15.3 Å². The first kappa shape index (κ1) is 19.3. The van der Waals surface area contributed by atoms with Crippen LogP contribution in [-0.2, 0) is 17.6 Å². The molecule has 3 N–H and O–H groups in total. The van der Waals surface area contributed by atoms with Crippen molar-refractivity contribution in [3.63, 3.8) is 0 Å². The van der Waals surface area contributed by atoms with Crippen LogP contribution in [0.4, 0.5) is 4.79 Å². The Balaban J connectivity index is 1.95. The molecule has 2 rings (SSSR count). The molecule has 0 fully saturated rings. The lowest BCUT2D eigenvalue weighted by Gasteiger charge is -2.24. The van der Waals surface area contributed by atoms with Crippen molar-refractivity contribution >= 4 is 12.0 Å². The number of likely N-dealkylation sites (N-methyl/N-ethyl adjacent to an activating group) is 1. The average molecular weight is 360 g/mol. The zero-order valence-corrected chi connectivity index (χ0v) is 14.9. The normalized spacial score (nSPS) is 11.6. The lowest BCUT2D eigenvalue weighted by atomic mass is 10.1. The van der Waals surface area contributed by atoms with E-state index in [0.29, 0.717) is 25.3 Å². The topological polar surface area (TPSA) is 108 Å². The molecule has 1 aromatic carbocycles. The van der Waals surface area contributed by atoms with Crippen molar-refractivity contribution in [2.45, 2.75) is 25.8 Å². The number of carboxylic acids is 1. The summed E-state index contributed by atoms with van der Waals surface area (Å²) in [5, 5.41) is 12.0. The molecule has 2 amide bonds. The van der Waals surface area contributed by atoms with E-state index in [1.165, 1.54) is 0 Å². The molecule has 0 saturated carbocycles. The highest BCUT2D eigenvalue weighted by Gasteiger charge is 2.23. The van der Waals surface area contributed by atoms with Gasteiger partial charge in [-0.15, -0.1) is 0 Å². The highest BCUT2D eigenvalue weighted by Crippen LogP contribution is 2.13. The van der Waals surface area contributed by atoms with Crippen molar-refractivity contribution in [1.82, 2.24) is 20.2 Å². The first-order valence-electron chi connectivity index (χ1n) is 8.42. The highest BCUT2D eigenvalue weighted by atomic mass is 16.5. The second kappa shape index (κ2) is 9.45. The lowest BCUT2D eigenvalue weighted by Crippen LogP contribution is -2.49. The number of carboxylic acid groups (broad SMARTS) is 1. The predicted octanol–water partition coefficient (Wildman–Crippen LogP) is 1.69. The third-order valence-corrected chi connectivity index (χ3v) is 4.06. The van der Waals surface area contributed by atoms with E-state index >= 15 is 0 Å². The molecule has 8 nitrogen and oxygen atoms in total. The molecule has 0 radical (unpaired) electrons. The summed E-state index contributed by atoms with van der Waals surface area (Å²) in [5.41, 5.74) is 1.65. The summed E-state index contributed by atoms with van der Waals surface area (Å²) >= 11 is 0. The molecule has 1 aromatic heterocycles. The first-order chi connectivity index (χ1) is 12.5. The molecule has 2 aromatic rings. The van der Waals surface area contributed by atoms with Crippen LogP contribution in [0.25, 0.3) is 0 Å². The van der Waals surface area contributed by atoms with Gasteiger partial charge in [0.15, 0.2) is 0 Å². The van der Waals surface area contributed by atoms with Crippen LogP contribution in [0.5, 0.6) is 5.75 Å². The van der Waals surface area contributed by atoms with Crippen molar-refractivity contribution in [3.8, 4) is 5.75 Å². The number of ether oxygens (including phenoxy) is 1. The highest BCUT2D eigenvalue weighted by molar-refractivity contribution is 5.82. The quantitative estimate of drug-likeness (QED) is 0.631. The van der Waals surface area contributed by atoms with Crippen LogP contribution in [-0.4, -0.2) is 58.2 Å². The minimum Gasteiger partial charge on any atom is -0.497 e. The minimum absolute atomic E-state index is 0.196. The van der Waals surface area contributed by atoms with Gasteiger partial charge in [0.1, 0.15) is 11.8 Å². The van der Waals surface area contributed by atoms with E-state index in [0.717, 1.165) is 11.3 Å². The van der Waals surface area contributed by atoms with E-state index in [9.17, 15) is 14.7 Å². The summed E-state index contributed by atoms with van der Waals surface area (Å²) in [7, 11) is 1.57. The Kier molecular flexibility index (Phi) is 7.02. The standard InChI is InChI=1S/C18H24N4O4/c1-3-22(9-8-14-11-19-12-20-14)18(25)21-16(17(23)24)10-13-4-6-15(26-2)7-5-13/h4-7,11-12,16H,3,8-10H2,1-2H3,(H,19,20)(H,21,25)(H,23,24). The van der Waals surface area contributed by atoms with Gasteiger partial charge in [-0.05, 0) is 24.6 Å². The predicted molar refractivity (Wildman–Crippen MR) is 96.2 cm³/mol. The number of amides is 2. The number of hydrogen-bond acceptors (Lipinski definition) is 4. The molecule has 0 saturated heterocycles. The number of carbonyl (C=O) groups is 2. The van der Waals surface area contributed by atoms with Crippen LogP contribution in [0.1, 0.15) is 18.2 Å². The molecular formula is C18H24N4O4. The number of benzene rings is 1. The number of hydrogen-bond donors (Lipinski definition) is 3. The number of aliphatic carboxylic acids is 1. The summed E-state index contributed by atoms with van der Waals surface area (Å²) in [4.78, 5) is 32.5. The molecule has 0 aliphatic carbocycles. The maximum absolute atomic E-state index is 12.4. The van der Waals surface area contributed by atoms with Crippen molar-refractivity contribution < 1.29 is 19.4 Å². The summed E-state index contributed by atoms with van der Waals surface area (Å²) in [6.07, 6.45) is 4.15. The molecule has 26 heavy (non-hydrogen) atoms. The Morgan fingerprint density at radius 2 is 2.08 bits per heavy atom. The van der Waals surface area contributed by atoms with E-state index in [-0.39, 0.29) is 6.42 Å². The molecule has 0 aliphatic heterocycles. The Morgan fingerprint density at radius 1 is 1.35 bits per heavy atom. The second-order valence-electron chi connectivity index (χ2n) is 5.78. The van der Waals surface area contributed by atoms with Crippen LogP contribution < -0.4 is 10.1 Å². The number of H-pyrrole nitrogens is 1. The second-order valence-corrected chi connectivity index (χ2v) is 5.78. The first-order valence-corrected chi connectivity index (χ1v) is 8.42. The maximum atomic E-state index is 12.4. The van der Waals surface area contributed by atoms with Gasteiger partial charge in [-0.1, -0.05) is 12.1 Å². The number of urea groups is 1. The van der Waals surface area contributed by atoms with Crippen molar-refractivity contribution in [2.75, 3.05) is 20.2 Å². The van der Waals surface area contributed by atoms with Gasteiger partial charge in [-0.3, -0.25) is 0 Å². The number of methoxy groups -OCH3 is 1. The average Bonchev–Trinajstić information content (AvgIpc) is 3.15. The van der Waals surface area contributed by atoms with Gasteiger partial charge in [0.2, 0.25) is 0 Å². The molecule has 0 aliphatic rings. The van der Waals surface area contributed by atoms with Crippen LogP contribution in [0, 0.1) is 0 Å². The Bertz CT molecular complexity index is 700. The largest absolute Gasteiger partial charge is 0.497 e. The smallest absolute Gasteiger partial charge is 0.326 e. The molecular weight excluding hydrogens is 336 g/mol. The minimum atomic E-state index is -1.07. The molecule has 140 valence electrons. The fourth-order valence-corrected chi connectivity index (χ4v) is 2.52. The fraction of sp³-hybridized carbons (Fsp3) is 0.389. The molecule has 1 heterocycles. The summed E-state index contributed by atoms with van der Waals surface area (Å²) < 4.78 is 5.09. The Morgan fingerprint density at radius 3 is 2.62 bits per heavy atom. The van der Waals surface area contributed by atoms with Gasteiger partial charge in [0, 0.05) is 32.1 Å². The van der Waals surface area contributed by atoms with Crippen LogP contribution in [0.3, 0.4) is 0 Å². The van der Waals surface area contributed by atoms with Gasteiger partial charge >= 0.3 is 12.0 Å².